The molecule has 0 aliphatic rings. The lowest BCUT2D eigenvalue weighted by molar-refractivity contribution is -0.168. The Morgan fingerprint density at radius 2 is 2.38 bits per heavy atom. The van der Waals surface area contributed by atoms with E-state index >= 15 is 0 Å². The van der Waals surface area contributed by atoms with Gasteiger partial charge in [0.1, 0.15) is 11.6 Å². The van der Waals surface area contributed by atoms with Gasteiger partial charge in [-0.15, -0.1) is 11.6 Å². The van der Waals surface area contributed by atoms with Crippen LogP contribution in [0.25, 0.3) is 0 Å². The van der Waals surface area contributed by atoms with Gasteiger partial charge in [-0.1, -0.05) is 6.58 Å². The van der Waals surface area contributed by atoms with Gasteiger partial charge in [0, 0.05) is 5.88 Å². The number of alkyl halides is 1. The number of nitrogens with zero attached hydrogens (tertiary/aromatic N) is 1. The molecule has 0 aliphatic heterocycles. The highest BCUT2D eigenvalue weighted by Gasteiger charge is 2.12. The minimum atomic E-state index is -0.774. The first-order valence-electron chi connectivity index (χ1n) is 3.59. The highest BCUT2D eigenvalue weighted by atomic mass is 35.5. The first kappa shape index (κ1) is 11.9. The maximum Gasteiger partial charge on any atom is 0.350 e. The summed E-state index contributed by atoms with van der Waals surface area (Å²) in [6, 6.07) is 1.58. The van der Waals surface area contributed by atoms with Gasteiger partial charge >= 0.3 is 5.97 Å². The van der Waals surface area contributed by atoms with E-state index < -0.39 is 12.3 Å². The molecule has 0 aliphatic carbocycles. The normalized spacial score (nSPS) is 11.5. The summed E-state index contributed by atoms with van der Waals surface area (Å²) in [7, 11) is 0. The second kappa shape index (κ2) is 6.46. The smallest absolute Gasteiger partial charge is 0.350 e. The molecule has 0 bridgehead atoms. The van der Waals surface area contributed by atoms with Gasteiger partial charge in [0.2, 0.25) is 6.29 Å². The summed E-state index contributed by atoms with van der Waals surface area (Å²) in [4.78, 5) is 10.9. The van der Waals surface area contributed by atoms with Crippen LogP contribution < -0.4 is 0 Å². The summed E-state index contributed by atoms with van der Waals surface area (Å²) in [6.45, 7) is 5.01. The number of carbonyl (C=O) groups excluding carboxylic acids is 1. The van der Waals surface area contributed by atoms with Crippen molar-refractivity contribution in [2.45, 2.75) is 13.2 Å². The minimum absolute atomic E-state index is 0.249. The van der Waals surface area contributed by atoms with Gasteiger partial charge in [-0.05, 0) is 6.92 Å². The number of hydrogen-bond donors (Lipinski definition) is 0. The Morgan fingerprint density at radius 3 is 2.85 bits per heavy atom. The molecule has 0 spiro atoms. The molecule has 0 N–H and O–H groups in total. The number of nitriles is 1. The molecule has 13 heavy (non-hydrogen) atoms. The third-order valence-electron chi connectivity index (χ3n) is 1.08. The maximum absolute atomic E-state index is 10.9. The van der Waals surface area contributed by atoms with Crippen molar-refractivity contribution >= 4 is 17.6 Å². The second-order valence-electron chi connectivity index (χ2n) is 2.12. The molecule has 4 nitrogen and oxygen atoms in total. The zero-order valence-electron chi connectivity index (χ0n) is 7.25. The largest absolute Gasteiger partial charge is 0.432 e. The Labute approximate surface area is 81.7 Å². The Bertz CT molecular complexity index is 234. The molecule has 0 fully saturated rings. The van der Waals surface area contributed by atoms with Crippen molar-refractivity contribution in [3.8, 4) is 6.07 Å². The van der Waals surface area contributed by atoms with Crippen LogP contribution in [-0.2, 0) is 14.3 Å². The van der Waals surface area contributed by atoms with Crippen LogP contribution in [0.2, 0.25) is 0 Å². The summed E-state index contributed by atoms with van der Waals surface area (Å²) in [5, 5.41) is 8.28. The molecular formula is C8H10ClNO3. The quantitative estimate of drug-likeness (QED) is 0.222. The molecule has 0 rings (SSSR count). The van der Waals surface area contributed by atoms with E-state index in [1.807, 2.05) is 0 Å². The standard InChI is InChI=1S/C8H10ClNO3/c1-6(5-10)8(11)13-7(2)12-4-3-9/h7H,1,3-4H2,2H3. The van der Waals surface area contributed by atoms with Crippen molar-refractivity contribution in [2.75, 3.05) is 12.5 Å². The molecule has 0 saturated heterocycles. The molecule has 0 heterocycles. The molecular weight excluding hydrogens is 194 g/mol. The van der Waals surface area contributed by atoms with Crippen molar-refractivity contribution in [1.29, 1.82) is 5.26 Å². The number of halogens is 1. The Hall–Kier alpha value is -1.05. The predicted octanol–water partition coefficient (Wildman–Crippen LogP) is 1.21. The topological polar surface area (TPSA) is 59.3 Å². The van der Waals surface area contributed by atoms with E-state index in [9.17, 15) is 4.79 Å². The van der Waals surface area contributed by atoms with Crippen molar-refractivity contribution in [3.05, 3.63) is 12.2 Å². The highest BCUT2D eigenvalue weighted by Crippen LogP contribution is 1.99. The average Bonchev–Trinajstić information content (AvgIpc) is 2.13. The lowest BCUT2D eigenvalue weighted by atomic mass is 10.3. The van der Waals surface area contributed by atoms with Crippen LogP contribution in [0.15, 0.2) is 12.2 Å². The number of esters is 1. The molecule has 0 aromatic rings. The van der Waals surface area contributed by atoms with E-state index in [-0.39, 0.29) is 12.2 Å². The van der Waals surface area contributed by atoms with E-state index in [0.717, 1.165) is 0 Å². The van der Waals surface area contributed by atoms with Gasteiger partial charge in [0.25, 0.3) is 0 Å². The van der Waals surface area contributed by atoms with Gasteiger partial charge in [-0.2, -0.15) is 5.26 Å². The van der Waals surface area contributed by atoms with Crippen LogP contribution in [0.3, 0.4) is 0 Å². The lowest BCUT2D eigenvalue weighted by Crippen LogP contribution is -2.19. The molecule has 0 aromatic carbocycles. The van der Waals surface area contributed by atoms with Gasteiger partial charge in [0.15, 0.2) is 0 Å². The van der Waals surface area contributed by atoms with Crippen LogP contribution >= 0.6 is 11.6 Å². The lowest BCUT2D eigenvalue weighted by Gasteiger charge is -2.12. The SMILES string of the molecule is C=C(C#N)C(=O)OC(C)OCCCl. The first-order valence-corrected chi connectivity index (χ1v) is 4.12. The van der Waals surface area contributed by atoms with Crippen LogP contribution in [0.4, 0.5) is 0 Å². The summed E-state index contributed by atoms with van der Waals surface area (Å²) in [6.07, 6.45) is -0.712. The molecule has 0 amide bonds. The van der Waals surface area contributed by atoms with Gasteiger partial charge in [0.05, 0.1) is 6.61 Å². The van der Waals surface area contributed by atoms with Gasteiger partial charge < -0.3 is 9.47 Å². The Balaban J connectivity index is 3.79. The van der Waals surface area contributed by atoms with Crippen molar-refractivity contribution in [1.82, 2.24) is 0 Å². The monoisotopic (exact) mass is 203 g/mol. The molecule has 1 unspecified atom stereocenters. The maximum atomic E-state index is 10.9. The van der Waals surface area contributed by atoms with E-state index in [0.29, 0.717) is 5.88 Å². The van der Waals surface area contributed by atoms with Crippen LogP contribution in [-0.4, -0.2) is 24.7 Å². The third-order valence-corrected chi connectivity index (χ3v) is 1.24. The fourth-order valence-corrected chi connectivity index (χ4v) is 0.601. The molecule has 0 aromatic heterocycles. The average molecular weight is 204 g/mol. The highest BCUT2D eigenvalue weighted by molar-refractivity contribution is 6.17. The van der Waals surface area contributed by atoms with Gasteiger partial charge in [-0.3, -0.25) is 0 Å². The van der Waals surface area contributed by atoms with Crippen molar-refractivity contribution in [2.24, 2.45) is 0 Å². The number of ether oxygens (including phenoxy) is 2. The van der Waals surface area contributed by atoms with Crippen molar-refractivity contribution in [3.63, 3.8) is 0 Å². The van der Waals surface area contributed by atoms with Crippen LogP contribution in [0.1, 0.15) is 6.92 Å². The minimum Gasteiger partial charge on any atom is -0.432 e. The van der Waals surface area contributed by atoms with Crippen molar-refractivity contribution < 1.29 is 14.3 Å². The Kier molecular flexibility index (Phi) is 5.94. The molecule has 0 radical (unpaired) electrons. The Morgan fingerprint density at radius 1 is 1.77 bits per heavy atom. The summed E-state index contributed by atoms with van der Waals surface area (Å²) in [5.41, 5.74) is -0.249. The zero-order chi connectivity index (χ0) is 10.3. The number of hydrogen-bond acceptors (Lipinski definition) is 4. The van der Waals surface area contributed by atoms with E-state index in [1.165, 1.54) is 6.92 Å². The third kappa shape index (κ3) is 5.23. The molecule has 0 saturated carbocycles. The van der Waals surface area contributed by atoms with Crippen LogP contribution in [0.5, 0.6) is 0 Å². The predicted molar refractivity (Wildman–Crippen MR) is 47.0 cm³/mol. The molecule has 1 atom stereocenters. The number of carbonyl (C=O) groups is 1. The zero-order valence-corrected chi connectivity index (χ0v) is 8.00. The van der Waals surface area contributed by atoms with Crippen LogP contribution in [0, 0.1) is 11.3 Å². The second-order valence-corrected chi connectivity index (χ2v) is 2.50. The summed E-state index contributed by atoms with van der Waals surface area (Å²) in [5.74, 6) is -0.453. The van der Waals surface area contributed by atoms with E-state index in [1.54, 1.807) is 6.07 Å². The number of rotatable bonds is 5. The molecule has 5 heteroatoms. The fourth-order valence-electron chi connectivity index (χ4n) is 0.512. The fraction of sp³-hybridized carbons (Fsp3) is 0.500. The first-order chi connectivity index (χ1) is 6.11. The van der Waals surface area contributed by atoms with E-state index in [2.05, 4.69) is 11.3 Å². The van der Waals surface area contributed by atoms with Gasteiger partial charge in [-0.25, -0.2) is 4.79 Å². The molecule has 72 valence electrons. The summed E-state index contributed by atoms with van der Waals surface area (Å²) >= 11 is 5.34. The van der Waals surface area contributed by atoms with E-state index in [4.69, 9.17) is 21.6 Å². The summed E-state index contributed by atoms with van der Waals surface area (Å²) < 4.78 is 9.59.